The van der Waals surface area contributed by atoms with Crippen LogP contribution < -0.4 is 10.1 Å². The van der Waals surface area contributed by atoms with Gasteiger partial charge in [0.25, 0.3) is 5.91 Å². The third-order valence-corrected chi connectivity index (χ3v) is 4.60. The Hall–Kier alpha value is -3.72. The van der Waals surface area contributed by atoms with Crippen LogP contribution >= 0.6 is 0 Å². The SMILES string of the molecule is COc1cc(F)cc([C@@H](CO)NC(=O)c2cnc3cc(-c4cn[nH]c4)ccn23)c1. The fourth-order valence-corrected chi connectivity index (χ4v) is 3.11. The number of aliphatic hydroxyl groups is 1. The molecule has 3 heterocycles. The number of carbonyl (C=O) groups is 1. The summed E-state index contributed by atoms with van der Waals surface area (Å²) < 4.78 is 20.5. The first-order valence-electron chi connectivity index (χ1n) is 8.81. The highest BCUT2D eigenvalue weighted by Crippen LogP contribution is 2.23. The van der Waals surface area contributed by atoms with E-state index < -0.39 is 24.4 Å². The van der Waals surface area contributed by atoms with Crippen molar-refractivity contribution in [2.24, 2.45) is 0 Å². The Morgan fingerprint density at radius 3 is 2.90 bits per heavy atom. The van der Waals surface area contributed by atoms with E-state index in [2.05, 4.69) is 20.5 Å². The fraction of sp³-hybridized carbons (Fsp3) is 0.150. The number of nitrogens with one attached hydrogen (secondary N) is 2. The molecule has 0 saturated heterocycles. The maximum atomic E-state index is 13.8. The summed E-state index contributed by atoms with van der Waals surface area (Å²) in [6.07, 6.45) is 6.65. The minimum Gasteiger partial charge on any atom is -0.497 e. The number of methoxy groups -OCH3 is 1. The van der Waals surface area contributed by atoms with Gasteiger partial charge in [0.1, 0.15) is 22.9 Å². The van der Waals surface area contributed by atoms with Gasteiger partial charge in [-0.3, -0.25) is 14.3 Å². The number of ether oxygens (including phenoxy) is 1. The molecular formula is C20H18FN5O3. The van der Waals surface area contributed by atoms with E-state index in [1.807, 2.05) is 12.1 Å². The van der Waals surface area contributed by atoms with Gasteiger partial charge in [-0.15, -0.1) is 0 Å². The number of imidazole rings is 1. The maximum Gasteiger partial charge on any atom is 0.270 e. The molecular weight excluding hydrogens is 377 g/mol. The van der Waals surface area contributed by atoms with E-state index >= 15 is 0 Å². The Balaban J connectivity index is 1.60. The predicted octanol–water partition coefficient (Wildman–Crippen LogP) is 2.34. The molecule has 4 aromatic rings. The number of hydrogen-bond acceptors (Lipinski definition) is 5. The van der Waals surface area contributed by atoms with Crippen molar-refractivity contribution in [2.75, 3.05) is 13.7 Å². The standard InChI is InChI=1S/C20H18FN5O3/c1-29-16-5-13(4-15(21)7-16)17(11-27)25-20(28)18-10-22-19-6-12(2-3-26(18)19)14-8-23-24-9-14/h2-10,17,27H,11H2,1H3,(H,23,24)(H,25,28)/t17-/m1/s1. The maximum absolute atomic E-state index is 13.8. The molecule has 0 radical (unpaired) electrons. The predicted molar refractivity (Wildman–Crippen MR) is 103 cm³/mol. The van der Waals surface area contributed by atoms with Gasteiger partial charge >= 0.3 is 0 Å². The lowest BCUT2D eigenvalue weighted by molar-refractivity contribution is 0.0910. The number of nitrogens with zero attached hydrogens (tertiary/aromatic N) is 3. The van der Waals surface area contributed by atoms with E-state index in [-0.39, 0.29) is 0 Å². The van der Waals surface area contributed by atoms with E-state index in [0.29, 0.717) is 22.7 Å². The molecule has 9 heteroatoms. The van der Waals surface area contributed by atoms with Crippen molar-refractivity contribution >= 4 is 11.6 Å². The first-order valence-corrected chi connectivity index (χ1v) is 8.81. The number of amides is 1. The highest BCUT2D eigenvalue weighted by molar-refractivity contribution is 5.93. The molecule has 0 aliphatic heterocycles. The molecule has 0 saturated carbocycles. The van der Waals surface area contributed by atoms with Gasteiger partial charge < -0.3 is 15.2 Å². The normalized spacial score (nSPS) is 12.1. The van der Waals surface area contributed by atoms with Crippen molar-refractivity contribution in [3.63, 3.8) is 0 Å². The number of halogens is 1. The molecule has 0 unspecified atom stereocenters. The van der Waals surface area contributed by atoms with Crippen LogP contribution in [0.3, 0.4) is 0 Å². The summed E-state index contributed by atoms with van der Waals surface area (Å²) in [5.74, 6) is -0.668. The van der Waals surface area contributed by atoms with Crippen molar-refractivity contribution in [1.82, 2.24) is 24.9 Å². The lowest BCUT2D eigenvalue weighted by Gasteiger charge is -2.17. The Kier molecular flexibility index (Phi) is 4.96. The summed E-state index contributed by atoms with van der Waals surface area (Å²) in [5.41, 5.74) is 3.09. The average Bonchev–Trinajstić information content (AvgIpc) is 3.40. The fourth-order valence-electron chi connectivity index (χ4n) is 3.11. The molecule has 0 bridgehead atoms. The van der Waals surface area contributed by atoms with Gasteiger partial charge in [-0.25, -0.2) is 9.37 Å². The summed E-state index contributed by atoms with van der Waals surface area (Å²) in [4.78, 5) is 17.1. The van der Waals surface area contributed by atoms with E-state index in [1.165, 1.54) is 25.4 Å². The molecule has 8 nitrogen and oxygen atoms in total. The number of aromatic nitrogens is 4. The number of fused-ring (bicyclic) bond motifs is 1. The average molecular weight is 395 g/mol. The molecule has 1 atom stereocenters. The van der Waals surface area contributed by atoms with Crippen LogP contribution in [0.1, 0.15) is 22.1 Å². The van der Waals surface area contributed by atoms with Crippen LogP contribution in [0.5, 0.6) is 5.75 Å². The number of hydrogen-bond donors (Lipinski definition) is 3. The molecule has 3 N–H and O–H groups in total. The van der Waals surface area contributed by atoms with E-state index in [9.17, 15) is 14.3 Å². The summed E-state index contributed by atoms with van der Waals surface area (Å²) in [7, 11) is 1.42. The smallest absolute Gasteiger partial charge is 0.270 e. The van der Waals surface area contributed by atoms with Gasteiger partial charge in [-0.1, -0.05) is 0 Å². The zero-order valence-electron chi connectivity index (χ0n) is 15.5. The number of rotatable bonds is 6. The third-order valence-electron chi connectivity index (χ3n) is 4.60. The van der Waals surface area contributed by atoms with Crippen LogP contribution in [-0.4, -0.2) is 44.3 Å². The van der Waals surface area contributed by atoms with Gasteiger partial charge in [0, 0.05) is 24.0 Å². The van der Waals surface area contributed by atoms with Crippen molar-refractivity contribution < 1.29 is 19.0 Å². The largest absolute Gasteiger partial charge is 0.497 e. The minimum atomic E-state index is -0.803. The first-order chi connectivity index (χ1) is 14.1. The minimum absolute atomic E-state index is 0.292. The van der Waals surface area contributed by atoms with Crippen LogP contribution in [0.25, 0.3) is 16.8 Å². The molecule has 0 spiro atoms. The highest BCUT2D eigenvalue weighted by Gasteiger charge is 2.19. The van der Waals surface area contributed by atoms with Gasteiger partial charge in [-0.2, -0.15) is 5.10 Å². The van der Waals surface area contributed by atoms with Crippen LogP contribution in [0.4, 0.5) is 4.39 Å². The summed E-state index contributed by atoms with van der Waals surface area (Å²) in [6, 6.07) is 6.91. The topological polar surface area (TPSA) is 105 Å². The third kappa shape index (κ3) is 3.67. The van der Waals surface area contributed by atoms with E-state index in [4.69, 9.17) is 4.74 Å². The highest BCUT2D eigenvalue weighted by atomic mass is 19.1. The molecule has 4 rings (SSSR count). The van der Waals surface area contributed by atoms with Gasteiger partial charge in [-0.05, 0) is 35.4 Å². The van der Waals surface area contributed by atoms with E-state index in [0.717, 1.165) is 11.1 Å². The molecule has 0 fully saturated rings. The van der Waals surface area contributed by atoms with Gasteiger partial charge in [0.15, 0.2) is 0 Å². The zero-order chi connectivity index (χ0) is 20.4. The van der Waals surface area contributed by atoms with Crippen LogP contribution in [0, 0.1) is 5.82 Å². The number of pyridine rings is 1. The summed E-state index contributed by atoms with van der Waals surface area (Å²) in [5, 5.41) is 19.1. The zero-order valence-corrected chi connectivity index (χ0v) is 15.5. The Morgan fingerprint density at radius 1 is 1.31 bits per heavy atom. The second-order valence-electron chi connectivity index (χ2n) is 6.41. The molecule has 0 aliphatic carbocycles. The lowest BCUT2D eigenvalue weighted by Crippen LogP contribution is -2.31. The Morgan fingerprint density at radius 2 is 2.17 bits per heavy atom. The van der Waals surface area contributed by atoms with Gasteiger partial charge in [0.2, 0.25) is 0 Å². The lowest BCUT2D eigenvalue weighted by atomic mass is 10.1. The molecule has 1 amide bonds. The molecule has 3 aromatic heterocycles. The molecule has 148 valence electrons. The van der Waals surface area contributed by atoms with Crippen molar-refractivity contribution in [3.05, 3.63) is 72.2 Å². The van der Waals surface area contributed by atoms with Crippen molar-refractivity contribution in [3.8, 4) is 16.9 Å². The van der Waals surface area contributed by atoms with Crippen LogP contribution in [-0.2, 0) is 0 Å². The first kappa shape index (κ1) is 18.6. The Labute approximate surface area is 165 Å². The Bertz CT molecular complexity index is 1160. The number of carbonyl (C=O) groups excluding carboxylic acids is 1. The van der Waals surface area contributed by atoms with Crippen LogP contribution in [0.15, 0.2) is 55.1 Å². The van der Waals surface area contributed by atoms with Gasteiger partial charge in [0.05, 0.1) is 32.2 Å². The summed E-state index contributed by atoms with van der Waals surface area (Å²) in [6.45, 7) is -0.403. The second-order valence-corrected chi connectivity index (χ2v) is 6.41. The number of aliphatic hydroxyl groups excluding tert-OH is 1. The number of benzene rings is 1. The monoisotopic (exact) mass is 395 g/mol. The van der Waals surface area contributed by atoms with E-state index in [1.54, 1.807) is 29.1 Å². The molecule has 29 heavy (non-hydrogen) atoms. The molecule has 1 aromatic carbocycles. The van der Waals surface area contributed by atoms with Crippen LogP contribution in [0.2, 0.25) is 0 Å². The quantitative estimate of drug-likeness (QED) is 0.465. The van der Waals surface area contributed by atoms with Crippen molar-refractivity contribution in [1.29, 1.82) is 0 Å². The molecule has 0 aliphatic rings. The van der Waals surface area contributed by atoms with Crippen molar-refractivity contribution in [2.45, 2.75) is 6.04 Å². The number of H-pyrrole nitrogens is 1. The number of aromatic amines is 1. The summed E-state index contributed by atoms with van der Waals surface area (Å²) >= 11 is 0. The second kappa shape index (κ2) is 7.72.